The molecule has 0 saturated carbocycles. The average molecular weight is 269 g/mol. The SMILES string of the molecule is CCC1(c2nc3cc(Cl)c(F)cc3o2)CCCN1. The van der Waals surface area contributed by atoms with Crippen LogP contribution >= 0.6 is 11.6 Å². The maximum Gasteiger partial charge on any atom is 0.215 e. The van der Waals surface area contributed by atoms with E-state index in [9.17, 15) is 4.39 Å². The first kappa shape index (κ1) is 11.9. The molecule has 2 heterocycles. The maximum atomic E-state index is 13.4. The largest absolute Gasteiger partial charge is 0.439 e. The van der Waals surface area contributed by atoms with Crippen LogP contribution in [0.1, 0.15) is 32.1 Å². The molecule has 1 aliphatic heterocycles. The van der Waals surface area contributed by atoms with E-state index in [1.54, 1.807) is 0 Å². The molecular formula is C13H14ClFN2O. The van der Waals surface area contributed by atoms with E-state index < -0.39 is 5.82 Å². The van der Waals surface area contributed by atoms with Crippen LogP contribution in [-0.4, -0.2) is 11.5 Å². The van der Waals surface area contributed by atoms with Crippen LogP contribution in [0.4, 0.5) is 4.39 Å². The van der Waals surface area contributed by atoms with Crippen molar-refractivity contribution in [2.75, 3.05) is 6.54 Å². The first-order valence-corrected chi connectivity index (χ1v) is 6.53. The van der Waals surface area contributed by atoms with Crippen molar-refractivity contribution >= 4 is 22.7 Å². The molecule has 18 heavy (non-hydrogen) atoms. The van der Waals surface area contributed by atoms with Crippen molar-refractivity contribution in [2.45, 2.75) is 31.7 Å². The number of rotatable bonds is 2. The first-order chi connectivity index (χ1) is 8.64. The lowest BCUT2D eigenvalue weighted by molar-refractivity contribution is 0.292. The van der Waals surface area contributed by atoms with Gasteiger partial charge in [-0.05, 0) is 31.9 Å². The summed E-state index contributed by atoms with van der Waals surface area (Å²) >= 11 is 5.75. The smallest absolute Gasteiger partial charge is 0.215 e. The molecule has 1 atom stereocenters. The first-order valence-electron chi connectivity index (χ1n) is 6.16. The highest BCUT2D eigenvalue weighted by atomic mass is 35.5. The van der Waals surface area contributed by atoms with Gasteiger partial charge < -0.3 is 9.73 Å². The van der Waals surface area contributed by atoms with E-state index in [0.717, 1.165) is 25.8 Å². The number of nitrogens with zero attached hydrogens (tertiary/aromatic N) is 1. The van der Waals surface area contributed by atoms with Gasteiger partial charge in [-0.15, -0.1) is 0 Å². The molecule has 0 aliphatic carbocycles. The molecule has 5 heteroatoms. The van der Waals surface area contributed by atoms with E-state index in [4.69, 9.17) is 16.0 Å². The Bertz CT molecular complexity index is 551. The lowest BCUT2D eigenvalue weighted by atomic mass is 9.94. The molecule has 1 fully saturated rings. The fourth-order valence-electron chi connectivity index (χ4n) is 2.57. The van der Waals surface area contributed by atoms with Crippen molar-refractivity contribution in [3.63, 3.8) is 0 Å². The van der Waals surface area contributed by atoms with E-state index in [1.807, 2.05) is 0 Å². The van der Waals surface area contributed by atoms with Gasteiger partial charge in [0.15, 0.2) is 5.58 Å². The Kier molecular flexibility index (Phi) is 2.79. The third kappa shape index (κ3) is 1.71. The molecule has 1 aromatic carbocycles. The van der Waals surface area contributed by atoms with Crippen LogP contribution in [0.2, 0.25) is 5.02 Å². The Morgan fingerprint density at radius 3 is 3.06 bits per heavy atom. The van der Waals surface area contributed by atoms with Gasteiger partial charge in [0.2, 0.25) is 5.89 Å². The number of benzene rings is 1. The predicted octanol–water partition coefficient (Wildman–Crippen LogP) is 3.61. The third-order valence-corrected chi connectivity index (χ3v) is 3.98. The second kappa shape index (κ2) is 4.21. The van der Waals surface area contributed by atoms with Crippen molar-refractivity contribution < 1.29 is 8.81 Å². The fourth-order valence-corrected chi connectivity index (χ4v) is 2.73. The lowest BCUT2D eigenvalue weighted by Crippen LogP contribution is -2.36. The lowest BCUT2D eigenvalue weighted by Gasteiger charge is -2.23. The molecule has 1 saturated heterocycles. The van der Waals surface area contributed by atoms with Gasteiger partial charge in [-0.3, -0.25) is 0 Å². The molecule has 0 bridgehead atoms. The van der Waals surface area contributed by atoms with E-state index in [-0.39, 0.29) is 10.6 Å². The van der Waals surface area contributed by atoms with Gasteiger partial charge in [-0.2, -0.15) is 0 Å². The van der Waals surface area contributed by atoms with Gasteiger partial charge in [-0.1, -0.05) is 18.5 Å². The van der Waals surface area contributed by atoms with Gasteiger partial charge >= 0.3 is 0 Å². The van der Waals surface area contributed by atoms with Crippen molar-refractivity contribution in [1.29, 1.82) is 0 Å². The number of halogens is 2. The van der Waals surface area contributed by atoms with Crippen LogP contribution in [-0.2, 0) is 5.54 Å². The normalized spacial score (nSPS) is 23.9. The average Bonchev–Trinajstić information content (AvgIpc) is 2.96. The second-order valence-electron chi connectivity index (χ2n) is 4.72. The summed E-state index contributed by atoms with van der Waals surface area (Å²) in [5, 5.41) is 3.52. The summed E-state index contributed by atoms with van der Waals surface area (Å²) in [4.78, 5) is 4.46. The summed E-state index contributed by atoms with van der Waals surface area (Å²) in [5.74, 6) is 0.163. The van der Waals surface area contributed by atoms with Crippen LogP contribution in [0.25, 0.3) is 11.1 Å². The number of hydrogen-bond donors (Lipinski definition) is 1. The Morgan fingerprint density at radius 1 is 1.56 bits per heavy atom. The quantitative estimate of drug-likeness (QED) is 0.904. The molecule has 3 rings (SSSR count). The summed E-state index contributed by atoms with van der Waals surface area (Å²) in [6, 6.07) is 2.81. The van der Waals surface area contributed by atoms with Crippen molar-refractivity contribution in [3.8, 4) is 0 Å². The van der Waals surface area contributed by atoms with E-state index in [2.05, 4.69) is 17.2 Å². The number of fused-ring (bicyclic) bond motifs is 1. The van der Waals surface area contributed by atoms with E-state index in [0.29, 0.717) is 17.0 Å². The minimum atomic E-state index is -0.475. The Hall–Kier alpha value is -1.13. The highest BCUT2D eigenvalue weighted by Gasteiger charge is 2.38. The van der Waals surface area contributed by atoms with Gasteiger partial charge in [-0.25, -0.2) is 9.37 Å². The van der Waals surface area contributed by atoms with Crippen molar-refractivity contribution in [1.82, 2.24) is 10.3 Å². The van der Waals surface area contributed by atoms with Gasteiger partial charge in [0.25, 0.3) is 0 Å². The monoisotopic (exact) mass is 268 g/mol. The molecule has 0 amide bonds. The topological polar surface area (TPSA) is 38.1 Å². The Labute approximate surface area is 109 Å². The summed E-state index contributed by atoms with van der Waals surface area (Å²) in [5.41, 5.74) is 0.855. The van der Waals surface area contributed by atoms with Crippen LogP contribution in [0, 0.1) is 5.82 Å². The Balaban J connectivity index is 2.13. The molecular weight excluding hydrogens is 255 g/mol. The van der Waals surface area contributed by atoms with Gasteiger partial charge in [0.1, 0.15) is 11.3 Å². The minimum absolute atomic E-state index is 0.0762. The fraction of sp³-hybridized carbons (Fsp3) is 0.462. The summed E-state index contributed by atoms with van der Waals surface area (Å²) < 4.78 is 19.1. The molecule has 0 radical (unpaired) electrons. The zero-order chi connectivity index (χ0) is 12.8. The molecule has 2 aromatic rings. The Morgan fingerprint density at radius 2 is 2.39 bits per heavy atom. The number of aromatic nitrogens is 1. The van der Waals surface area contributed by atoms with Crippen LogP contribution < -0.4 is 5.32 Å². The molecule has 1 N–H and O–H groups in total. The summed E-state index contributed by atoms with van der Waals surface area (Å²) in [6.07, 6.45) is 2.99. The molecule has 1 aromatic heterocycles. The molecule has 3 nitrogen and oxygen atoms in total. The van der Waals surface area contributed by atoms with Crippen LogP contribution in [0.5, 0.6) is 0 Å². The summed E-state index contributed by atoms with van der Waals surface area (Å²) in [6.45, 7) is 3.06. The van der Waals surface area contributed by atoms with Gasteiger partial charge in [0, 0.05) is 6.07 Å². The third-order valence-electron chi connectivity index (χ3n) is 3.69. The standard InChI is InChI=1S/C13H14ClFN2O/c1-2-13(4-3-5-16-13)12-17-10-6-8(14)9(15)7-11(10)18-12/h6-7,16H,2-5H2,1H3. The molecule has 96 valence electrons. The van der Waals surface area contributed by atoms with Gasteiger partial charge in [0.05, 0.1) is 10.6 Å². The summed E-state index contributed by atoms with van der Waals surface area (Å²) in [7, 11) is 0. The molecule has 0 spiro atoms. The zero-order valence-electron chi connectivity index (χ0n) is 10.1. The number of oxazole rings is 1. The second-order valence-corrected chi connectivity index (χ2v) is 5.13. The van der Waals surface area contributed by atoms with Crippen molar-refractivity contribution in [3.05, 3.63) is 28.9 Å². The van der Waals surface area contributed by atoms with Crippen molar-refractivity contribution in [2.24, 2.45) is 0 Å². The van der Waals surface area contributed by atoms with E-state index in [1.165, 1.54) is 12.1 Å². The molecule has 1 unspecified atom stereocenters. The highest BCUT2D eigenvalue weighted by Crippen LogP contribution is 2.35. The molecule has 1 aliphatic rings. The zero-order valence-corrected chi connectivity index (χ0v) is 10.9. The predicted molar refractivity (Wildman–Crippen MR) is 68.2 cm³/mol. The van der Waals surface area contributed by atoms with Crippen LogP contribution in [0.15, 0.2) is 16.5 Å². The minimum Gasteiger partial charge on any atom is -0.439 e. The number of hydrogen-bond acceptors (Lipinski definition) is 3. The van der Waals surface area contributed by atoms with E-state index >= 15 is 0 Å². The maximum absolute atomic E-state index is 13.4. The number of nitrogens with one attached hydrogen (secondary N) is 1. The highest BCUT2D eigenvalue weighted by molar-refractivity contribution is 6.31. The van der Waals surface area contributed by atoms with Crippen LogP contribution in [0.3, 0.4) is 0 Å².